The summed E-state index contributed by atoms with van der Waals surface area (Å²) >= 11 is 0. The van der Waals surface area contributed by atoms with Gasteiger partial charge in [-0.25, -0.2) is 17.1 Å². The lowest BCUT2D eigenvalue weighted by Crippen LogP contribution is -2.23. The lowest BCUT2D eigenvalue weighted by atomic mass is 10.2. The third-order valence-electron chi connectivity index (χ3n) is 2.88. The molecular weight excluding hydrogens is 309 g/mol. The molecule has 0 unspecified atom stereocenters. The monoisotopic (exact) mass is 323 g/mol. The Morgan fingerprint density at radius 3 is 2.59 bits per heavy atom. The van der Waals surface area contributed by atoms with E-state index in [1.165, 1.54) is 26.5 Å². The summed E-state index contributed by atoms with van der Waals surface area (Å²) in [4.78, 5) is 15.8. The molecule has 116 valence electrons. The van der Waals surface area contributed by atoms with Crippen LogP contribution >= 0.6 is 0 Å². The van der Waals surface area contributed by atoms with E-state index in [9.17, 15) is 17.6 Å². The molecule has 0 atom stereocenters. The Morgan fingerprint density at radius 1 is 1.27 bits per heavy atom. The average Bonchev–Trinajstić information content (AvgIpc) is 2.48. The zero-order chi connectivity index (χ0) is 16.3. The van der Waals surface area contributed by atoms with Crippen LogP contribution in [0, 0.1) is 5.82 Å². The first-order valence-corrected chi connectivity index (χ1v) is 7.70. The number of carbonyl (C=O) groups is 1. The van der Waals surface area contributed by atoms with Crippen molar-refractivity contribution >= 4 is 21.6 Å². The highest BCUT2D eigenvalue weighted by atomic mass is 32.2. The number of rotatable bonds is 4. The predicted molar refractivity (Wildman–Crippen MR) is 79.5 cm³/mol. The highest BCUT2D eigenvalue weighted by Gasteiger charge is 2.21. The molecule has 0 aliphatic carbocycles. The normalized spacial score (nSPS) is 11.5. The van der Waals surface area contributed by atoms with Crippen LogP contribution in [0.15, 0.2) is 47.6 Å². The average molecular weight is 323 g/mol. The zero-order valence-electron chi connectivity index (χ0n) is 11.9. The number of sulfonamides is 1. The molecule has 0 saturated heterocycles. The van der Waals surface area contributed by atoms with Crippen molar-refractivity contribution in [1.29, 1.82) is 0 Å². The van der Waals surface area contributed by atoms with Gasteiger partial charge in [0.05, 0.1) is 22.3 Å². The molecule has 1 aromatic carbocycles. The first-order valence-electron chi connectivity index (χ1n) is 6.26. The second kappa shape index (κ2) is 6.20. The number of halogens is 1. The number of hydrogen-bond acceptors (Lipinski definition) is 4. The van der Waals surface area contributed by atoms with Gasteiger partial charge < -0.3 is 5.32 Å². The van der Waals surface area contributed by atoms with Crippen molar-refractivity contribution in [2.75, 3.05) is 19.4 Å². The van der Waals surface area contributed by atoms with Gasteiger partial charge in [-0.2, -0.15) is 0 Å². The summed E-state index contributed by atoms with van der Waals surface area (Å²) in [6, 6.07) is 6.28. The quantitative estimate of drug-likeness (QED) is 0.929. The summed E-state index contributed by atoms with van der Waals surface area (Å²) in [5.41, 5.74) is 0.0274. The van der Waals surface area contributed by atoms with Crippen molar-refractivity contribution in [3.05, 3.63) is 54.1 Å². The number of nitrogens with zero attached hydrogens (tertiary/aromatic N) is 2. The molecule has 0 bridgehead atoms. The first-order chi connectivity index (χ1) is 10.3. The van der Waals surface area contributed by atoms with Crippen LogP contribution in [0.25, 0.3) is 0 Å². The Morgan fingerprint density at radius 2 is 2.00 bits per heavy atom. The Bertz CT molecular complexity index is 792. The lowest BCUT2D eigenvalue weighted by molar-refractivity contribution is 0.102. The van der Waals surface area contributed by atoms with Crippen molar-refractivity contribution < 1.29 is 17.6 Å². The highest BCUT2D eigenvalue weighted by Crippen LogP contribution is 2.18. The van der Waals surface area contributed by atoms with Crippen molar-refractivity contribution in [2.24, 2.45) is 0 Å². The predicted octanol–water partition coefficient (Wildman–Crippen LogP) is 1.72. The maximum Gasteiger partial charge on any atom is 0.258 e. The smallest absolute Gasteiger partial charge is 0.258 e. The summed E-state index contributed by atoms with van der Waals surface area (Å²) in [6.45, 7) is 0. The molecule has 0 saturated carbocycles. The molecule has 22 heavy (non-hydrogen) atoms. The highest BCUT2D eigenvalue weighted by molar-refractivity contribution is 7.89. The lowest BCUT2D eigenvalue weighted by Gasteiger charge is -2.12. The van der Waals surface area contributed by atoms with Crippen molar-refractivity contribution in [3.63, 3.8) is 0 Å². The molecule has 0 aliphatic heterocycles. The Hall–Kier alpha value is -2.32. The van der Waals surface area contributed by atoms with Crippen LogP contribution in [0.2, 0.25) is 0 Å². The van der Waals surface area contributed by atoms with Crippen molar-refractivity contribution in [2.45, 2.75) is 4.90 Å². The summed E-state index contributed by atoms with van der Waals surface area (Å²) in [6.07, 6.45) is 2.93. The molecule has 8 heteroatoms. The summed E-state index contributed by atoms with van der Waals surface area (Å²) < 4.78 is 38.9. The molecule has 0 aliphatic rings. The molecule has 0 spiro atoms. The number of anilines is 1. The second-order valence-electron chi connectivity index (χ2n) is 4.62. The Kier molecular flexibility index (Phi) is 4.53. The SMILES string of the molecule is CN(C)S(=O)(=O)c1ccc(F)c(C(=O)Nc2cccnc2)c1. The van der Waals surface area contributed by atoms with Gasteiger partial charge in [-0.1, -0.05) is 0 Å². The number of hydrogen-bond donors (Lipinski definition) is 1. The molecule has 0 radical (unpaired) electrons. The number of pyridine rings is 1. The molecule has 1 N–H and O–H groups in total. The summed E-state index contributed by atoms with van der Waals surface area (Å²) in [7, 11) is -1.04. The summed E-state index contributed by atoms with van der Waals surface area (Å²) in [5, 5.41) is 2.46. The third kappa shape index (κ3) is 3.29. The van der Waals surface area contributed by atoms with E-state index in [4.69, 9.17) is 0 Å². The van der Waals surface area contributed by atoms with E-state index in [0.717, 1.165) is 22.5 Å². The van der Waals surface area contributed by atoms with E-state index >= 15 is 0 Å². The van der Waals surface area contributed by atoms with Crippen LogP contribution < -0.4 is 5.32 Å². The van der Waals surface area contributed by atoms with Gasteiger partial charge in [0.1, 0.15) is 5.82 Å². The van der Waals surface area contributed by atoms with E-state index in [2.05, 4.69) is 10.3 Å². The Labute approximate surface area is 127 Å². The minimum absolute atomic E-state index is 0.157. The van der Waals surface area contributed by atoms with Gasteiger partial charge in [0.2, 0.25) is 10.0 Å². The molecule has 6 nitrogen and oxygen atoms in total. The van der Waals surface area contributed by atoms with E-state index < -0.39 is 21.7 Å². The van der Waals surface area contributed by atoms with Gasteiger partial charge in [-0.05, 0) is 30.3 Å². The van der Waals surface area contributed by atoms with E-state index in [1.807, 2.05) is 0 Å². The van der Waals surface area contributed by atoms with Gasteiger partial charge in [-0.3, -0.25) is 9.78 Å². The largest absolute Gasteiger partial charge is 0.320 e. The number of carbonyl (C=O) groups excluding carboxylic acids is 1. The third-order valence-corrected chi connectivity index (χ3v) is 4.69. The number of aromatic nitrogens is 1. The molecule has 1 aromatic heterocycles. The standard InChI is InChI=1S/C14H14FN3O3S/c1-18(2)22(20,21)11-5-6-13(15)12(8-11)14(19)17-10-4-3-7-16-9-10/h3-9H,1-2H3,(H,17,19). The van der Waals surface area contributed by atoms with Crippen LogP contribution in [0.1, 0.15) is 10.4 Å². The van der Waals surface area contributed by atoms with Crippen LogP contribution in [0.4, 0.5) is 10.1 Å². The fourth-order valence-electron chi connectivity index (χ4n) is 1.68. The summed E-state index contributed by atoms with van der Waals surface area (Å²) in [5.74, 6) is -1.56. The van der Waals surface area contributed by atoms with Crippen molar-refractivity contribution in [3.8, 4) is 0 Å². The van der Waals surface area contributed by atoms with Crippen LogP contribution in [-0.2, 0) is 10.0 Å². The molecule has 2 rings (SSSR count). The topological polar surface area (TPSA) is 79.4 Å². The van der Waals surface area contributed by atoms with E-state index in [-0.39, 0.29) is 10.5 Å². The molecule has 1 heterocycles. The van der Waals surface area contributed by atoms with Gasteiger partial charge >= 0.3 is 0 Å². The van der Waals surface area contributed by atoms with Crippen LogP contribution in [0.3, 0.4) is 0 Å². The van der Waals surface area contributed by atoms with E-state index in [1.54, 1.807) is 12.1 Å². The molecule has 0 fully saturated rings. The van der Waals surface area contributed by atoms with Gasteiger partial charge in [0.25, 0.3) is 5.91 Å². The van der Waals surface area contributed by atoms with Crippen LogP contribution in [-0.4, -0.2) is 37.7 Å². The number of benzene rings is 1. The molecular formula is C14H14FN3O3S. The van der Waals surface area contributed by atoms with Crippen LogP contribution in [0.5, 0.6) is 0 Å². The van der Waals surface area contributed by atoms with Crippen molar-refractivity contribution in [1.82, 2.24) is 9.29 Å². The second-order valence-corrected chi connectivity index (χ2v) is 6.78. The maximum absolute atomic E-state index is 13.8. The first kappa shape index (κ1) is 16.1. The van der Waals surface area contributed by atoms with Gasteiger partial charge in [0.15, 0.2) is 0 Å². The zero-order valence-corrected chi connectivity index (χ0v) is 12.8. The van der Waals surface area contributed by atoms with Gasteiger partial charge in [0, 0.05) is 20.3 Å². The molecule has 1 amide bonds. The number of nitrogens with one attached hydrogen (secondary N) is 1. The maximum atomic E-state index is 13.8. The number of amides is 1. The van der Waals surface area contributed by atoms with Gasteiger partial charge in [-0.15, -0.1) is 0 Å². The molecule has 2 aromatic rings. The fraction of sp³-hybridized carbons (Fsp3) is 0.143. The fourth-order valence-corrected chi connectivity index (χ4v) is 2.61. The minimum atomic E-state index is -3.75. The Balaban J connectivity index is 2.37. The van der Waals surface area contributed by atoms with E-state index in [0.29, 0.717) is 5.69 Å². The minimum Gasteiger partial charge on any atom is -0.320 e.